The average Bonchev–Trinajstić information content (AvgIpc) is 3.50. The summed E-state index contributed by atoms with van der Waals surface area (Å²) in [5.74, 6) is 1.05. The Kier molecular flexibility index (Phi) is 4.47. The summed E-state index contributed by atoms with van der Waals surface area (Å²) in [7, 11) is 0. The maximum absolute atomic E-state index is 13.5. The highest BCUT2D eigenvalue weighted by atomic mass is 19.1. The molecule has 7 nitrogen and oxygen atoms in total. The summed E-state index contributed by atoms with van der Waals surface area (Å²) in [5.41, 5.74) is 5.95. The zero-order valence-electron chi connectivity index (χ0n) is 19.2. The van der Waals surface area contributed by atoms with Crippen LogP contribution in [0.1, 0.15) is 28.3 Å². The standard InChI is InChI=1S/C28H19FN6O/c1-17-22-23(18-8-4-2-5-9-18)24-26-31-25(19-12-14-20(29)15-13-19)33-34(26)16-30-27(24)36-28(22)35(32-17)21-10-6-3-7-11-21/h2-16,23H,1H3. The summed E-state index contributed by atoms with van der Waals surface area (Å²) < 4.78 is 23.4. The molecule has 6 aromatic rings. The third-order valence-corrected chi connectivity index (χ3v) is 6.46. The van der Waals surface area contributed by atoms with E-state index in [9.17, 15) is 4.39 Å². The van der Waals surface area contributed by atoms with E-state index in [1.54, 1.807) is 23.0 Å². The van der Waals surface area contributed by atoms with Gasteiger partial charge in [-0.3, -0.25) is 0 Å². The Morgan fingerprint density at radius 3 is 2.31 bits per heavy atom. The van der Waals surface area contributed by atoms with Crippen LogP contribution in [0.15, 0.2) is 91.3 Å². The van der Waals surface area contributed by atoms with Crippen LogP contribution in [0.2, 0.25) is 0 Å². The van der Waals surface area contributed by atoms with Gasteiger partial charge in [0.25, 0.3) is 0 Å². The molecule has 0 N–H and O–H groups in total. The van der Waals surface area contributed by atoms with E-state index in [2.05, 4.69) is 22.2 Å². The molecule has 7 rings (SSSR count). The molecule has 3 aromatic carbocycles. The number of hydrogen-bond donors (Lipinski definition) is 0. The highest BCUT2D eigenvalue weighted by molar-refractivity contribution is 5.68. The van der Waals surface area contributed by atoms with Crippen molar-refractivity contribution in [3.63, 3.8) is 0 Å². The topological polar surface area (TPSA) is 70.1 Å². The predicted octanol–water partition coefficient (Wildman–Crippen LogP) is 5.71. The van der Waals surface area contributed by atoms with Crippen LogP contribution in [0.4, 0.5) is 4.39 Å². The zero-order valence-corrected chi connectivity index (χ0v) is 19.2. The second-order valence-electron chi connectivity index (χ2n) is 8.67. The van der Waals surface area contributed by atoms with Crippen molar-refractivity contribution in [2.24, 2.45) is 0 Å². The molecule has 36 heavy (non-hydrogen) atoms. The molecule has 1 atom stereocenters. The third kappa shape index (κ3) is 3.11. The number of rotatable bonds is 3. The van der Waals surface area contributed by atoms with E-state index in [1.165, 1.54) is 12.1 Å². The first-order valence-electron chi connectivity index (χ1n) is 11.6. The smallest absolute Gasteiger partial charge is 0.230 e. The lowest BCUT2D eigenvalue weighted by molar-refractivity contribution is 0.402. The number of benzene rings is 3. The van der Waals surface area contributed by atoms with Gasteiger partial charge in [-0.1, -0.05) is 48.5 Å². The summed E-state index contributed by atoms with van der Waals surface area (Å²) in [6.07, 6.45) is 1.59. The average molecular weight is 474 g/mol. The molecule has 3 aromatic heterocycles. The number of aromatic nitrogens is 6. The molecule has 0 spiro atoms. The molecule has 0 aliphatic carbocycles. The molecule has 0 amide bonds. The van der Waals surface area contributed by atoms with Crippen molar-refractivity contribution in [3.8, 4) is 28.8 Å². The monoisotopic (exact) mass is 474 g/mol. The SMILES string of the molecule is Cc1nn(-c2ccccc2)c2c1C(c1ccccc1)c1c(ncn3nc(-c4ccc(F)cc4)nc13)O2. The number of fused-ring (bicyclic) bond motifs is 4. The van der Waals surface area contributed by atoms with Gasteiger partial charge in [0.05, 0.1) is 28.4 Å². The molecule has 174 valence electrons. The minimum absolute atomic E-state index is 0.219. The van der Waals surface area contributed by atoms with Gasteiger partial charge in [0.1, 0.15) is 12.1 Å². The van der Waals surface area contributed by atoms with Gasteiger partial charge in [0.2, 0.25) is 11.8 Å². The van der Waals surface area contributed by atoms with Crippen LogP contribution in [0.5, 0.6) is 11.8 Å². The maximum Gasteiger partial charge on any atom is 0.230 e. The summed E-state index contributed by atoms with van der Waals surface area (Å²) in [4.78, 5) is 9.48. The van der Waals surface area contributed by atoms with E-state index < -0.39 is 0 Å². The lowest BCUT2D eigenvalue weighted by Crippen LogP contribution is -2.16. The van der Waals surface area contributed by atoms with Crippen molar-refractivity contribution in [1.29, 1.82) is 0 Å². The van der Waals surface area contributed by atoms with Gasteiger partial charge < -0.3 is 4.74 Å². The number of para-hydroxylation sites is 1. The van der Waals surface area contributed by atoms with Gasteiger partial charge >= 0.3 is 0 Å². The molecule has 0 bridgehead atoms. The lowest BCUT2D eigenvalue weighted by atomic mass is 9.84. The molecule has 1 aliphatic rings. The first-order chi connectivity index (χ1) is 17.7. The van der Waals surface area contributed by atoms with Crippen molar-refractivity contribution < 1.29 is 9.13 Å². The minimum atomic E-state index is -0.308. The van der Waals surface area contributed by atoms with E-state index in [0.29, 0.717) is 23.2 Å². The normalized spacial score (nSPS) is 14.3. The van der Waals surface area contributed by atoms with Gasteiger partial charge in [0, 0.05) is 5.56 Å². The fourth-order valence-corrected chi connectivity index (χ4v) is 4.82. The number of halogens is 1. The number of nitrogens with zero attached hydrogens (tertiary/aromatic N) is 6. The van der Waals surface area contributed by atoms with Gasteiger partial charge in [0.15, 0.2) is 11.5 Å². The van der Waals surface area contributed by atoms with Crippen molar-refractivity contribution in [3.05, 3.63) is 119 Å². The van der Waals surface area contributed by atoms with Crippen LogP contribution >= 0.6 is 0 Å². The Balaban J connectivity index is 1.48. The molecular weight excluding hydrogens is 455 g/mol. The second-order valence-corrected chi connectivity index (χ2v) is 8.67. The minimum Gasteiger partial charge on any atom is -0.420 e. The highest BCUT2D eigenvalue weighted by Gasteiger charge is 2.38. The Hall–Kier alpha value is -4.85. The lowest BCUT2D eigenvalue weighted by Gasteiger charge is -2.26. The van der Waals surface area contributed by atoms with Gasteiger partial charge in [-0.25, -0.2) is 23.6 Å². The molecule has 0 saturated heterocycles. The molecule has 4 heterocycles. The van der Waals surface area contributed by atoms with E-state index in [1.807, 2.05) is 60.1 Å². The van der Waals surface area contributed by atoms with E-state index >= 15 is 0 Å². The van der Waals surface area contributed by atoms with Crippen LogP contribution in [0.25, 0.3) is 22.7 Å². The first-order valence-corrected chi connectivity index (χ1v) is 11.6. The zero-order chi connectivity index (χ0) is 24.2. The fourth-order valence-electron chi connectivity index (χ4n) is 4.82. The van der Waals surface area contributed by atoms with Crippen molar-refractivity contribution in [1.82, 2.24) is 29.4 Å². The second kappa shape index (κ2) is 7.84. The Morgan fingerprint density at radius 1 is 0.833 bits per heavy atom. The van der Waals surface area contributed by atoms with Crippen molar-refractivity contribution in [2.75, 3.05) is 0 Å². The van der Waals surface area contributed by atoms with Gasteiger partial charge in [-0.05, 0) is 48.9 Å². The number of aryl methyl sites for hydroxylation is 1. The van der Waals surface area contributed by atoms with Gasteiger partial charge in [-0.15, -0.1) is 5.10 Å². The molecule has 0 saturated carbocycles. The van der Waals surface area contributed by atoms with Crippen LogP contribution < -0.4 is 4.74 Å². The fraction of sp³-hybridized carbons (Fsp3) is 0.0714. The molecule has 1 unspecified atom stereocenters. The van der Waals surface area contributed by atoms with E-state index in [0.717, 1.165) is 33.6 Å². The maximum atomic E-state index is 13.5. The quantitative estimate of drug-likeness (QED) is 0.328. The number of hydrogen-bond acceptors (Lipinski definition) is 5. The van der Waals surface area contributed by atoms with Crippen molar-refractivity contribution >= 4 is 5.65 Å². The van der Waals surface area contributed by atoms with Gasteiger partial charge in [-0.2, -0.15) is 5.10 Å². The molecular formula is C28H19FN6O. The van der Waals surface area contributed by atoms with Crippen LogP contribution in [0.3, 0.4) is 0 Å². The predicted molar refractivity (Wildman–Crippen MR) is 132 cm³/mol. The van der Waals surface area contributed by atoms with Crippen LogP contribution in [0, 0.1) is 12.7 Å². The molecule has 8 heteroatoms. The van der Waals surface area contributed by atoms with Crippen molar-refractivity contribution in [2.45, 2.75) is 12.8 Å². The Morgan fingerprint density at radius 2 is 1.56 bits per heavy atom. The van der Waals surface area contributed by atoms with Crippen LogP contribution in [-0.4, -0.2) is 29.4 Å². The number of ether oxygens (including phenoxy) is 1. The summed E-state index contributed by atoms with van der Waals surface area (Å²) in [5, 5.41) is 9.47. The van der Waals surface area contributed by atoms with Crippen LogP contribution in [-0.2, 0) is 0 Å². The molecule has 0 radical (unpaired) electrons. The Labute approximate surface area is 205 Å². The first kappa shape index (κ1) is 20.5. The summed E-state index contributed by atoms with van der Waals surface area (Å²) in [6, 6.07) is 26.2. The molecule has 1 aliphatic heterocycles. The summed E-state index contributed by atoms with van der Waals surface area (Å²) >= 11 is 0. The van der Waals surface area contributed by atoms with E-state index in [-0.39, 0.29) is 11.7 Å². The summed E-state index contributed by atoms with van der Waals surface area (Å²) in [6.45, 7) is 1.99. The molecule has 0 fully saturated rings. The largest absolute Gasteiger partial charge is 0.420 e. The third-order valence-electron chi connectivity index (χ3n) is 6.46. The Bertz CT molecular complexity index is 1730. The highest BCUT2D eigenvalue weighted by Crippen LogP contribution is 2.49. The van der Waals surface area contributed by atoms with E-state index in [4.69, 9.17) is 14.8 Å².